The molecular formula is C19H20F2N2O4S. The highest BCUT2D eigenvalue weighted by atomic mass is 32.2. The van der Waals surface area contributed by atoms with Crippen LogP contribution in [0.25, 0.3) is 0 Å². The van der Waals surface area contributed by atoms with E-state index in [4.69, 9.17) is 4.74 Å². The van der Waals surface area contributed by atoms with Crippen molar-refractivity contribution in [3.8, 4) is 5.75 Å². The van der Waals surface area contributed by atoms with Crippen LogP contribution in [-0.2, 0) is 21.2 Å². The Labute approximate surface area is 162 Å². The fraction of sp³-hybridized carbons (Fsp3) is 0.316. The summed E-state index contributed by atoms with van der Waals surface area (Å²) in [5.41, 5.74) is 0.504. The highest BCUT2D eigenvalue weighted by Crippen LogP contribution is 2.21. The minimum absolute atomic E-state index is 0.000970. The molecule has 28 heavy (non-hydrogen) atoms. The minimum Gasteiger partial charge on any atom is -0.494 e. The summed E-state index contributed by atoms with van der Waals surface area (Å²) in [7, 11) is -2.60. The van der Waals surface area contributed by atoms with Crippen LogP contribution in [0.5, 0.6) is 5.75 Å². The number of ether oxygens (including phenoxy) is 1. The van der Waals surface area contributed by atoms with Crippen LogP contribution in [0, 0.1) is 11.6 Å². The second kappa shape index (κ2) is 8.24. The van der Waals surface area contributed by atoms with Crippen LogP contribution in [0.15, 0.2) is 47.4 Å². The molecule has 1 aliphatic rings. The quantitative estimate of drug-likeness (QED) is 0.757. The zero-order valence-corrected chi connectivity index (χ0v) is 16.1. The highest BCUT2D eigenvalue weighted by Gasteiger charge is 2.31. The number of hydrogen-bond donors (Lipinski definition) is 0. The molecule has 6 nitrogen and oxygen atoms in total. The number of sulfonamides is 1. The van der Waals surface area contributed by atoms with E-state index in [9.17, 15) is 22.0 Å². The van der Waals surface area contributed by atoms with Gasteiger partial charge in [-0.25, -0.2) is 17.2 Å². The maximum Gasteiger partial charge on any atom is 0.246 e. The third-order valence-electron chi connectivity index (χ3n) is 4.62. The number of halogens is 2. The third-order valence-corrected chi connectivity index (χ3v) is 6.55. The van der Waals surface area contributed by atoms with E-state index in [2.05, 4.69) is 0 Å². The molecule has 0 saturated carbocycles. The van der Waals surface area contributed by atoms with Crippen LogP contribution >= 0.6 is 0 Å². The molecule has 2 aromatic rings. The number of piperazine rings is 1. The van der Waals surface area contributed by atoms with Crippen molar-refractivity contribution in [2.75, 3.05) is 33.3 Å². The van der Waals surface area contributed by atoms with Crippen LogP contribution in [0.3, 0.4) is 0 Å². The number of carbonyl (C=O) groups is 1. The molecule has 1 aliphatic heterocycles. The van der Waals surface area contributed by atoms with Crippen molar-refractivity contribution in [3.63, 3.8) is 0 Å². The van der Waals surface area contributed by atoms with Gasteiger partial charge in [0.15, 0.2) is 11.6 Å². The van der Waals surface area contributed by atoms with Gasteiger partial charge in [-0.15, -0.1) is 0 Å². The van der Waals surface area contributed by atoms with Gasteiger partial charge in [0.25, 0.3) is 0 Å². The number of nitrogens with zero attached hydrogens (tertiary/aromatic N) is 2. The van der Waals surface area contributed by atoms with Crippen molar-refractivity contribution in [3.05, 3.63) is 59.7 Å². The molecule has 0 radical (unpaired) electrons. The first-order valence-corrected chi connectivity index (χ1v) is 10.1. The summed E-state index contributed by atoms with van der Waals surface area (Å²) in [6, 6.07) is 9.52. The van der Waals surface area contributed by atoms with Crippen molar-refractivity contribution in [1.82, 2.24) is 9.21 Å². The van der Waals surface area contributed by atoms with E-state index in [0.717, 1.165) is 6.07 Å². The number of carbonyl (C=O) groups excluding carboxylic acids is 1. The maximum absolute atomic E-state index is 13.9. The fourth-order valence-corrected chi connectivity index (χ4v) is 4.56. The molecule has 0 bridgehead atoms. The first kappa shape index (κ1) is 20.2. The number of methoxy groups -OCH3 is 1. The lowest BCUT2D eigenvalue weighted by Gasteiger charge is -2.34. The van der Waals surface area contributed by atoms with Crippen LogP contribution in [0.2, 0.25) is 0 Å². The maximum atomic E-state index is 13.9. The molecule has 1 amide bonds. The molecule has 150 valence electrons. The average Bonchev–Trinajstić information content (AvgIpc) is 2.68. The third kappa shape index (κ3) is 4.15. The van der Waals surface area contributed by atoms with E-state index >= 15 is 0 Å². The van der Waals surface area contributed by atoms with E-state index in [1.54, 1.807) is 6.07 Å². The van der Waals surface area contributed by atoms with Crippen LogP contribution in [0.4, 0.5) is 8.78 Å². The predicted molar refractivity (Wildman–Crippen MR) is 98.4 cm³/mol. The largest absolute Gasteiger partial charge is 0.494 e. The van der Waals surface area contributed by atoms with Crippen molar-refractivity contribution >= 4 is 15.9 Å². The van der Waals surface area contributed by atoms with Gasteiger partial charge < -0.3 is 9.64 Å². The lowest BCUT2D eigenvalue weighted by atomic mass is 10.1. The molecule has 0 atom stereocenters. The topological polar surface area (TPSA) is 66.9 Å². The average molecular weight is 410 g/mol. The van der Waals surface area contributed by atoms with Gasteiger partial charge in [-0.1, -0.05) is 18.2 Å². The van der Waals surface area contributed by atoms with E-state index in [1.807, 2.05) is 0 Å². The number of rotatable bonds is 5. The summed E-state index contributed by atoms with van der Waals surface area (Å²) in [6.07, 6.45) is 0.000970. The summed E-state index contributed by atoms with van der Waals surface area (Å²) in [5.74, 6) is -1.48. The number of benzene rings is 2. The second-order valence-electron chi connectivity index (χ2n) is 6.36. The smallest absolute Gasteiger partial charge is 0.246 e. The van der Waals surface area contributed by atoms with Gasteiger partial charge in [0.2, 0.25) is 15.9 Å². The van der Waals surface area contributed by atoms with Gasteiger partial charge in [-0.05, 0) is 29.8 Å². The van der Waals surface area contributed by atoms with E-state index in [1.165, 1.54) is 46.6 Å². The Morgan fingerprint density at radius 1 is 1.04 bits per heavy atom. The molecule has 1 heterocycles. The first-order chi connectivity index (χ1) is 13.3. The SMILES string of the molecule is COc1ccc(CC(=O)N2CCN(S(=O)(=O)c3ccccc3F)CC2)cc1F. The molecule has 0 aromatic heterocycles. The molecule has 1 fully saturated rings. The molecule has 1 saturated heterocycles. The Kier molecular flexibility index (Phi) is 5.95. The summed E-state index contributed by atoms with van der Waals surface area (Å²) >= 11 is 0. The Morgan fingerprint density at radius 2 is 1.71 bits per heavy atom. The lowest BCUT2D eigenvalue weighted by Crippen LogP contribution is -2.51. The fourth-order valence-electron chi connectivity index (χ4n) is 3.08. The summed E-state index contributed by atoms with van der Waals surface area (Å²) in [5, 5.41) is 0. The Bertz CT molecular complexity index is 974. The predicted octanol–water partition coefficient (Wildman–Crippen LogP) is 2.05. The van der Waals surface area contributed by atoms with E-state index in [-0.39, 0.29) is 49.2 Å². The van der Waals surface area contributed by atoms with Crippen molar-refractivity contribution in [1.29, 1.82) is 0 Å². The summed E-state index contributed by atoms with van der Waals surface area (Å²) in [4.78, 5) is 13.6. The monoisotopic (exact) mass is 410 g/mol. The Hall–Kier alpha value is -2.52. The van der Waals surface area contributed by atoms with Crippen LogP contribution in [-0.4, -0.2) is 56.8 Å². The normalized spacial score (nSPS) is 15.5. The lowest BCUT2D eigenvalue weighted by molar-refractivity contribution is -0.131. The van der Waals surface area contributed by atoms with Crippen molar-refractivity contribution in [2.45, 2.75) is 11.3 Å². The number of hydrogen-bond acceptors (Lipinski definition) is 4. The van der Waals surface area contributed by atoms with Gasteiger partial charge >= 0.3 is 0 Å². The first-order valence-electron chi connectivity index (χ1n) is 8.68. The molecule has 3 rings (SSSR count). The molecule has 9 heteroatoms. The molecule has 0 spiro atoms. The highest BCUT2D eigenvalue weighted by molar-refractivity contribution is 7.89. The van der Waals surface area contributed by atoms with E-state index in [0.29, 0.717) is 5.56 Å². The van der Waals surface area contributed by atoms with E-state index < -0.39 is 21.7 Å². The summed E-state index contributed by atoms with van der Waals surface area (Å²) in [6.45, 7) is 0.509. The molecular weight excluding hydrogens is 390 g/mol. The molecule has 0 aliphatic carbocycles. The minimum atomic E-state index is -3.96. The van der Waals surface area contributed by atoms with Crippen molar-refractivity contribution < 1.29 is 26.7 Å². The molecule has 2 aromatic carbocycles. The van der Waals surface area contributed by atoms with Gasteiger partial charge in [0.05, 0.1) is 13.5 Å². The van der Waals surface area contributed by atoms with Gasteiger partial charge in [0, 0.05) is 26.2 Å². The number of amides is 1. The van der Waals surface area contributed by atoms with Crippen molar-refractivity contribution in [2.24, 2.45) is 0 Å². The molecule has 0 N–H and O–H groups in total. The Balaban J connectivity index is 1.63. The zero-order chi connectivity index (χ0) is 20.3. The Morgan fingerprint density at radius 3 is 2.32 bits per heavy atom. The standard InChI is InChI=1S/C19H20F2N2O4S/c1-27-17-7-6-14(12-16(17)21)13-19(24)22-8-10-23(11-9-22)28(25,26)18-5-3-2-4-15(18)20/h2-7,12H,8-11,13H2,1H3. The van der Waals surface area contributed by atoms with Crippen LogP contribution < -0.4 is 4.74 Å². The molecule has 0 unspecified atom stereocenters. The summed E-state index contributed by atoms with van der Waals surface area (Å²) < 4.78 is 58.9. The zero-order valence-electron chi connectivity index (χ0n) is 15.3. The van der Waals surface area contributed by atoms with Gasteiger partial charge in [0.1, 0.15) is 10.7 Å². The van der Waals surface area contributed by atoms with Crippen LogP contribution in [0.1, 0.15) is 5.56 Å². The van der Waals surface area contributed by atoms with Gasteiger partial charge in [-0.3, -0.25) is 4.79 Å². The second-order valence-corrected chi connectivity index (χ2v) is 8.27. The van der Waals surface area contributed by atoms with Gasteiger partial charge in [-0.2, -0.15) is 4.31 Å².